The molecule has 0 atom stereocenters. The second-order valence-electron chi connectivity index (χ2n) is 6.87. The molecule has 1 fully saturated rings. The quantitative estimate of drug-likeness (QED) is 0.916. The minimum Gasteiger partial charge on any atom is -0.384 e. The van der Waals surface area contributed by atoms with E-state index in [-0.39, 0.29) is 5.91 Å². The SMILES string of the molecule is O=C(c1cccc2c1NCCC2)N1CCCN(Cc2cccs2)CC1. The number of anilines is 1. The lowest BCUT2D eigenvalue weighted by Gasteiger charge is -2.25. The van der Waals surface area contributed by atoms with Crippen molar-refractivity contribution in [3.63, 3.8) is 0 Å². The third-order valence-corrected chi connectivity index (χ3v) is 6.00. The first-order valence-corrected chi connectivity index (χ1v) is 10.1. The molecule has 3 heterocycles. The highest BCUT2D eigenvalue weighted by atomic mass is 32.1. The largest absolute Gasteiger partial charge is 0.384 e. The Labute approximate surface area is 153 Å². The van der Waals surface area contributed by atoms with E-state index in [4.69, 9.17) is 0 Å². The number of para-hydroxylation sites is 1. The summed E-state index contributed by atoms with van der Waals surface area (Å²) in [5.74, 6) is 0.184. The predicted molar refractivity (Wildman–Crippen MR) is 103 cm³/mol. The molecule has 1 saturated heterocycles. The number of carbonyl (C=O) groups is 1. The van der Waals surface area contributed by atoms with Crippen LogP contribution >= 0.6 is 11.3 Å². The molecule has 4 nitrogen and oxygen atoms in total. The zero-order valence-corrected chi connectivity index (χ0v) is 15.4. The fourth-order valence-corrected chi connectivity index (χ4v) is 4.56. The summed E-state index contributed by atoms with van der Waals surface area (Å²) in [7, 11) is 0. The number of aryl methyl sites for hydroxylation is 1. The van der Waals surface area contributed by atoms with Crippen LogP contribution in [0.25, 0.3) is 0 Å². The molecule has 1 aromatic heterocycles. The van der Waals surface area contributed by atoms with E-state index in [1.54, 1.807) is 0 Å². The van der Waals surface area contributed by atoms with Gasteiger partial charge in [0.25, 0.3) is 5.91 Å². The third kappa shape index (κ3) is 3.72. The average molecular weight is 356 g/mol. The Balaban J connectivity index is 1.44. The maximum absolute atomic E-state index is 13.1. The fourth-order valence-electron chi connectivity index (χ4n) is 3.81. The van der Waals surface area contributed by atoms with Gasteiger partial charge in [0.2, 0.25) is 0 Å². The van der Waals surface area contributed by atoms with Crippen molar-refractivity contribution in [3.05, 3.63) is 51.7 Å². The van der Waals surface area contributed by atoms with Crippen molar-refractivity contribution in [1.29, 1.82) is 0 Å². The molecule has 1 aromatic carbocycles. The molecule has 1 amide bonds. The van der Waals surface area contributed by atoms with Crippen molar-refractivity contribution >= 4 is 22.9 Å². The molecule has 0 aliphatic carbocycles. The van der Waals surface area contributed by atoms with Crippen LogP contribution in [-0.2, 0) is 13.0 Å². The summed E-state index contributed by atoms with van der Waals surface area (Å²) in [5.41, 5.74) is 3.20. The number of hydrogen-bond acceptors (Lipinski definition) is 4. The van der Waals surface area contributed by atoms with Crippen LogP contribution in [0.5, 0.6) is 0 Å². The van der Waals surface area contributed by atoms with Gasteiger partial charge in [-0.05, 0) is 42.3 Å². The van der Waals surface area contributed by atoms with E-state index < -0.39 is 0 Å². The van der Waals surface area contributed by atoms with E-state index in [2.05, 4.69) is 33.8 Å². The van der Waals surface area contributed by atoms with E-state index in [0.29, 0.717) is 0 Å². The maximum atomic E-state index is 13.1. The summed E-state index contributed by atoms with van der Waals surface area (Å²) in [6, 6.07) is 10.5. The number of rotatable bonds is 3. The van der Waals surface area contributed by atoms with E-state index in [0.717, 1.165) is 69.8 Å². The van der Waals surface area contributed by atoms with Gasteiger partial charge in [-0.2, -0.15) is 0 Å². The number of hydrogen-bond donors (Lipinski definition) is 1. The Morgan fingerprint density at radius 1 is 1.08 bits per heavy atom. The first kappa shape index (κ1) is 16.6. The Hall–Kier alpha value is -1.85. The molecule has 2 aliphatic heterocycles. The molecular weight excluding hydrogens is 330 g/mol. The minimum absolute atomic E-state index is 0.184. The first-order valence-electron chi connectivity index (χ1n) is 9.21. The molecule has 2 aliphatic rings. The van der Waals surface area contributed by atoms with Gasteiger partial charge < -0.3 is 10.2 Å². The summed E-state index contributed by atoms with van der Waals surface area (Å²) < 4.78 is 0. The van der Waals surface area contributed by atoms with Crippen LogP contribution in [0, 0.1) is 0 Å². The standard InChI is InChI=1S/C20H25N3OS/c24-20(18-8-1-5-16-6-2-9-21-19(16)18)23-11-4-10-22(12-13-23)15-17-7-3-14-25-17/h1,3,5,7-8,14,21H,2,4,6,9-13,15H2. The number of thiophene rings is 1. The summed E-state index contributed by atoms with van der Waals surface area (Å²) in [4.78, 5) is 19.0. The normalized spacial score (nSPS) is 18.3. The van der Waals surface area contributed by atoms with Gasteiger partial charge in [0.15, 0.2) is 0 Å². The topological polar surface area (TPSA) is 35.6 Å². The molecule has 2 aromatic rings. The zero-order chi connectivity index (χ0) is 17.1. The van der Waals surface area contributed by atoms with Crippen LogP contribution in [0.2, 0.25) is 0 Å². The molecule has 4 rings (SSSR count). The minimum atomic E-state index is 0.184. The van der Waals surface area contributed by atoms with Crippen LogP contribution in [0.4, 0.5) is 5.69 Å². The van der Waals surface area contributed by atoms with Crippen molar-refractivity contribution in [1.82, 2.24) is 9.80 Å². The average Bonchev–Trinajstić information content (AvgIpc) is 3.05. The number of amides is 1. The smallest absolute Gasteiger partial charge is 0.256 e. The lowest BCUT2D eigenvalue weighted by molar-refractivity contribution is 0.0762. The van der Waals surface area contributed by atoms with E-state index in [1.807, 2.05) is 28.4 Å². The monoisotopic (exact) mass is 355 g/mol. The molecular formula is C20H25N3OS. The van der Waals surface area contributed by atoms with Crippen LogP contribution in [0.1, 0.15) is 33.6 Å². The summed E-state index contributed by atoms with van der Waals surface area (Å²) in [5, 5.41) is 5.58. The van der Waals surface area contributed by atoms with Crippen molar-refractivity contribution in [3.8, 4) is 0 Å². The van der Waals surface area contributed by atoms with Gasteiger partial charge in [-0.1, -0.05) is 18.2 Å². The lowest BCUT2D eigenvalue weighted by Crippen LogP contribution is -2.35. The number of carbonyl (C=O) groups excluding carboxylic acids is 1. The first-order chi connectivity index (χ1) is 12.3. The Bertz CT molecular complexity index is 729. The number of benzene rings is 1. The van der Waals surface area contributed by atoms with E-state index >= 15 is 0 Å². The molecule has 0 saturated carbocycles. The van der Waals surface area contributed by atoms with Gasteiger partial charge in [0.1, 0.15) is 0 Å². The third-order valence-electron chi connectivity index (χ3n) is 5.14. The van der Waals surface area contributed by atoms with Crippen LogP contribution in [0.3, 0.4) is 0 Å². The van der Waals surface area contributed by atoms with Gasteiger partial charge in [-0.25, -0.2) is 0 Å². The van der Waals surface area contributed by atoms with Crippen LogP contribution in [0.15, 0.2) is 35.7 Å². The second kappa shape index (κ2) is 7.58. The molecule has 25 heavy (non-hydrogen) atoms. The molecule has 0 spiro atoms. The van der Waals surface area contributed by atoms with Crippen molar-refractivity contribution < 1.29 is 4.79 Å². The van der Waals surface area contributed by atoms with Gasteiger partial charge in [0, 0.05) is 44.1 Å². The summed E-state index contributed by atoms with van der Waals surface area (Å²) >= 11 is 1.81. The van der Waals surface area contributed by atoms with Crippen LogP contribution < -0.4 is 5.32 Å². The summed E-state index contributed by atoms with van der Waals surface area (Å²) in [6.45, 7) is 5.64. The van der Waals surface area contributed by atoms with Gasteiger partial charge in [0.05, 0.1) is 11.3 Å². The highest BCUT2D eigenvalue weighted by Gasteiger charge is 2.24. The number of nitrogens with zero attached hydrogens (tertiary/aromatic N) is 2. The van der Waals surface area contributed by atoms with E-state index in [9.17, 15) is 4.79 Å². The van der Waals surface area contributed by atoms with Crippen molar-refractivity contribution in [2.75, 3.05) is 38.0 Å². The predicted octanol–water partition coefficient (Wildman–Crippen LogP) is 3.45. The van der Waals surface area contributed by atoms with Gasteiger partial charge >= 0.3 is 0 Å². The van der Waals surface area contributed by atoms with Crippen molar-refractivity contribution in [2.45, 2.75) is 25.8 Å². The summed E-state index contributed by atoms with van der Waals surface area (Å²) in [6.07, 6.45) is 3.25. The molecule has 0 unspecified atom stereocenters. The highest BCUT2D eigenvalue weighted by Crippen LogP contribution is 2.27. The van der Waals surface area contributed by atoms with Gasteiger partial charge in [-0.15, -0.1) is 11.3 Å². The molecule has 1 N–H and O–H groups in total. The number of fused-ring (bicyclic) bond motifs is 1. The van der Waals surface area contributed by atoms with E-state index in [1.165, 1.54) is 10.4 Å². The lowest BCUT2D eigenvalue weighted by atomic mass is 9.98. The Morgan fingerprint density at radius 2 is 2.04 bits per heavy atom. The van der Waals surface area contributed by atoms with Crippen LogP contribution in [-0.4, -0.2) is 48.4 Å². The Kier molecular flexibility index (Phi) is 5.04. The molecule has 0 bridgehead atoms. The molecule has 132 valence electrons. The maximum Gasteiger partial charge on any atom is 0.256 e. The second-order valence-corrected chi connectivity index (χ2v) is 7.90. The van der Waals surface area contributed by atoms with Gasteiger partial charge in [-0.3, -0.25) is 9.69 Å². The molecule has 5 heteroatoms. The fraction of sp³-hybridized carbons (Fsp3) is 0.450. The van der Waals surface area contributed by atoms with Crippen molar-refractivity contribution in [2.24, 2.45) is 0 Å². The number of nitrogens with one attached hydrogen (secondary N) is 1. The highest BCUT2D eigenvalue weighted by molar-refractivity contribution is 7.09. The molecule has 0 radical (unpaired) electrons. The Morgan fingerprint density at radius 3 is 2.92 bits per heavy atom. The zero-order valence-electron chi connectivity index (χ0n) is 14.5.